The van der Waals surface area contributed by atoms with Gasteiger partial charge in [-0.1, -0.05) is 12.1 Å². The van der Waals surface area contributed by atoms with Gasteiger partial charge < -0.3 is 20.3 Å². The molecule has 0 heterocycles. The van der Waals surface area contributed by atoms with Crippen molar-refractivity contribution in [2.75, 3.05) is 6.61 Å². The Balaban J connectivity index is 3.03. The van der Waals surface area contributed by atoms with Crippen molar-refractivity contribution in [3.8, 4) is 11.5 Å². The van der Waals surface area contributed by atoms with Crippen LogP contribution in [0, 0.1) is 0 Å². The fourth-order valence-corrected chi connectivity index (χ4v) is 1.54. The monoisotopic (exact) mass is 311 g/mol. The van der Waals surface area contributed by atoms with Crippen molar-refractivity contribution in [3.05, 3.63) is 23.8 Å². The number of esters is 1. The molecular formula is C12H13F4NO4. The minimum Gasteiger partial charge on any atom is -0.504 e. The summed E-state index contributed by atoms with van der Waals surface area (Å²) in [7, 11) is 0. The van der Waals surface area contributed by atoms with Gasteiger partial charge in [-0.05, 0) is 13.0 Å². The second-order valence-corrected chi connectivity index (χ2v) is 3.92. The highest BCUT2D eigenvalue weighted by molar-refractivity contribution is 5.76. The molecule has 1 rings (SSSR count). The number of phenolic OH excluding ortho intramolecular Hbond substituents is 1. The van der Waals surface area contributed by atoms with Crippen molar-refractivity contribution in [1.29, 1.82) is 0 Å². The van der Waals surface area contributed by atoms with Crippen molar-refractivity contribution >= 4 is 5.97 Å². The molecule has 0 aliphatic heterocycles. The van der Waals surface area contributed by atoms with Crippen LogP contribution in [0.2, 0.25) is 0 Å². The summed E-state index contributed by atoms with van der Waals surface area (Å²) in [6, 6.07) is 1.29. The number of rotatable bonds is 5. The molecule has 0 fully saturated rings. The van der Waals surface area contributed by atoms with Gasteiger partial charge in [-0.15, -0.1) is 13.2 Å². The molecule has 0 amide bonds. The van der Waals surface area contributed by atoms with Crippen molar-refractivity contribution in [2.24, 2.45) is 5.73 Å². The Morgan fingerprint density at radius 1 is 1.43 bits per heavy atom. The average Bonchev–Trinajstić information content (AvgIpc) is 2.38. The standard InChI is InChI=1S/C12H13F4NO4/c1-2-20-11(19)8(13)9(17)6-4-3-5-7(10(6)18)21-12(14,15)16/h3-5,8-9,18H,2,17H2,1H3/t8?,9-/m1/s1. The van der Waals surface area contributed by atoms with Gasteiger partial charge in [-0.3, -0.25) is 0 Å². The lowest BCUT2D eigenvalue weighted by Gasteiger charge is -2.19. The molecule has 9 heteroatoms. The summed E-state index contributed by atoms with van der Waals surface area (Å²) in [5, 5.41) is 9.66. The number of halogens is 4. The number of nitrogens with two attached hydrogens (primary N) is 1. The zero-order valence-electron chi connectivity index (χ0n) is 10.9. The van der Waals surface area contributed by atoms with Gasteiger partial charge >= 0.3 is 12.3 Å². The molecule has 1 aromatic rings. The number of para-hydroxylation sites is 1. The molecule has 21 heavy (non-hydrogen) atoms. The molecule has 2 atom stereocenters. The summed E-state index contributed by atoms with van der Waals surface area (Å²) >= 11 is 0. The van der Waals surface area contributed by atoms with E-state index in [2.05, 4.69) is 9.47 Å². The highest BCUT2D eigenvalue weighted by atomic mass is 19.4. The predicted octanol–water partition coefficient (Wildman–Crippen LogP) is 2.19. The molecule has 3 N–H and O–H groups in total. The van der Waals surface area contributed by atoms with Crippen molar-refractivity contribution in [2.45, 2.75) is 25.5 Å². The van der Waals surface area contributed by atoms with E-state index in [1.165, 1.54) is 6.92 Å². The number of hydrogen-bond acceptors (Lipinski definition) is 5. The summed E-state index contributed by atoms with van der Waals surface area (Å²) in [6.07, 6.45) is -7.37. The summed E-state index contributed by atoms with van der Waals surface area (Å²) in [6.45, 7) is 1.36. The van der Waals surface area contributed by atoms with Crippen LogP contribution in [0.5, 0.6) is 11.5 Å². The molecule has 1 unspecified atom stereocenters. The molecule has 0 saturated carbocycles. The summed E-state index contributed by atoms with van der Waals surface area (Å²) in [4.78, 5) is 11.2. The second-order valence-electron chi connectivity index (χ2n) is 3.92. The fraction of sp³-hybridized carbons (Fsp3) is 0.417. The van der Waals surface area contributed by atoms with Gasteiger partial charge in [-0.25, -0.2) is 9.18 Å². The van der Waals surface area contributed by atoms with Crippen LogP contribution in [-0.4, -0.2) is 30.2 Å². The molecule has 0 aliphatic rings. The molecule has 0 spiro atoms. The Morgan fingerprint density at radius 2 is 2.05 bits per heavy atom. The van der Waals surface area contributed by atoms with E-state index < -0.39 is 41.6 Å². The van der Waals surface area contributed by atoms with Crippen LogP contribution < -0.4 is 10.5 Å². The lowest BCUT2D eigenvalue weighted by molar-refractivity contribution is -0.275. The van der Waals surface area contributed by atoms with Crippen molar-refractivity contribution in [3.63, 3.8) is 0 Å². The van der Waals surface area contributed by atoms with Gasteiger partial charge in [0, 0.05) is 5.56 Å². The van der Waals surface area contributed by atoms with Crippen LogP contribution in [0.4, 0.5) is 17.6 Å². The maximum Gasteiger partial charge on any atom is 0.573 e. The first kappa shape index (κ1) is 17.0. The number of benzene rings is 1. The lowest BCUT2D eigenvalue weighted by atomic mass is 10.0. The molecule has 1 aromatic carbocycles. The first-order valence-electron chi connectivity index (χ1n) is 5.81. The Morgan fingerprint density at radius 3 is 2.57 bits per heavy atom. The molecule has 0 bridgehead atoms. The van der Waals surface area contributed by atoms with Gasteiger partial charge in [0.1, 0.15) is 0 Å². The van der Waals surface area contributed by atoms with Crippen molar-refractivity contribution < 1.29 is 36.9 Å². The topological polar surface area (TPSA) is 81.8 Å². The van der Waals surface area contributed by atoms with Crippen LogP contribution in [0.3, 0.4) is 0 Å². The number of carbonyl (C=O) groups is 1. The zero-order valence-corrected chi connectivity index (χ0v) is 10.9. The van der Waals surface area contributed by atoms with Crippen molar-refractivity contribution in [1.82, 2.24) is 0 Å². The lowest BCUT2D eigenvalue weighted by Crippen LogP contribution is -2.31. The first-order valence-corrected chi connectivity index (χ1v) is 5.81. The number of phenols is 1. The fourth-order valence-electron chi connectivity index (χ4n) is 1.54. The Bertz CT molecular complexity index is 507. The molecule has 0 aromatic heterocycles. The molecule has 0 aliphatic carbocycles. The van der Waals surface area contributed by atoms with E-state index in [9.17, 15) is 27.5 Å². The highest BCUT2D eigenvalue weighted by Gasteiger charge is 2.35. The van der Waals surface area contributed by atoms with Crippen LogP contribution >= 0.6 is 0 Å². The van der Waals surface area contributed by atoms with E-state index in [1.807, 2.05) is 0 Å². The van der Waals surface area contributed by atoms with Crippen LogP contribution in [0.1, 0.15) is 18.5 Å². The van der Waals surface area contributed by atoms with E-state index in [4.69, 9.17) is 5.73 Å². The Kier molecular flexibility index (Phi) is 5.36. The van der Waals surface area contributed by atoms with Crippen LogP contribution in [-0.2, 0) is 9.53 Å². The van der Waals surface area contributed by atoms with Gasteiger partial charge in [0.2, 0.25) is 6.17 Å². The minimum atomic E-state index is -5.03. The van der Waals surface area contributed by atoms with E-state index >= 15 is 0 Å². The van der Waals surface area contributed by atoms with Crippen LogP contribution in [0.15, 0.2) is 18.2 Å². The average molecular weight is 311 g/mol. The molecule has 0 saturated heterocycles. The highest BCUT2D eigenvalue weighted by Crippen LogP contribution is 2.37. The smallest absolute Gasteiger partial charge is 0.504 e. The third-order valence-electron chi connectivity index (χ3n) is 2.44. The third-order valence-corrected chi connectivity index (χ3v) is 2.44. The Labute approximate surface area is 117 Å². The molecule has 0 radical (unpaired) electrons. The van der Waals surface area contributed by atoms with Gasteiger partial charge in [0.15, 0.2) is 11.5 Å². The van der Waals surface area contributed by atoms with Gasteiger partial charge in [-0.2, -0.15) is 0 Å². The van der Waals surface area contributed by atoms with E-state index in [1.54, 1.807) is 0 Å². The maximum atomic E-state index is 13.7. The number of alkyl halides is 4. The van der Waals surface area contributed by atoms with E-state index in [-0.39, 0.29) is 6.61 Å². The Hall–Kier alpha value is -2.03. The normalized spacial score (nSPS) is 14.4. The van der Waals surface area contributed by atoms with Gasteiger partial charge in [0.05, 0.1) is 12.6 Å². The van der Waals surface area contributed by atoms with E-state index in [0.29, 0.717) is 0 Å². The summed E-state index contributed by atoms with van der Waals surface area (Å²) in [5.41, 5.74) is 5.03. The van der Waals surface area contributed by atoms with E-state index in [0.717, 1.165) is 18.2 Å². The third kappa shape index (κ3) is 4.48. The molecule has 118 valence electrons. The minimum absolute atomic E-state index is 0.0881. The maximum absolute atomic E-state index is 13.7. The number of ether oxygens (including phenoxy) is 2. The molecule has 5 nitrogen and oxygen atoms in total. The second kappa shape index (κ2) is 6.61. The van der Waals surface area contributed by atoms with Crippen LogP contribution in [0.25, 0.3) is 0 Å². The quantitative estimate of drug-likeness (QED) is 0.643. The summed E-state index contributed by atoms with van der Waals surface area (Å²) < 4.78 is 58.1. The molecular weight excluding hydrogens is 298 g/mol. The number of carbonyl (C=O) groups excluding carboxylic acids is 1. The summed E-state index contributed by atoms with van der Waals surface area (Å²) in [5.74, 6) is -3.20. The largest absolute Gasteiger partial charge is 0.573 e. The number of aromatic hydroxyl groups is 1. The predicted molar refractivity (Wildman–Crippen MR) is 63.2 cm³/mol. The first-order chi connectivity index (χ1) is 9.67. The number of hydrogen-bond donors (Lipinski definition) is 2. The SMILES string of the molecule is CCOC(=O)C(F)[C@H](N)c1cccc(OC(F)(F)F)c1O. The zero-order chi connectivity index (χ0) is 16.2. The van der Waals surface area contributed by atoms with Gasteiger partial charge in [0.25, 0.3) is 0 Å².